The first-order chi connectivity index (χ1) is 9.28. The molecule has 0 aromatic carbocycles. The van der Waals surface area contributed by atoms with Crippen LogP contribution in [0.15, 0.2) is 11.6 Å². The predicted octanol–water partition coefficient (Wildman–Crippen LogP) is 4.41. The molecular weight excluding hydrogens is 286 g/mol. The first kappa shape index (κ1) is 17.8. The van der Waals surface area contributed by atoms with Gasteiger partial charge in [0, 0.05) is 30.7 Å². The molecule has 0 fully saturated rings. The monoisotopic (exact) mass is 315 g/mol. The number of nitrogens with zero attached hydrogens (tertiary/aromatic N) is 1. The highest BCUT2D eigenvalue weighted by Gasteiger charge is 2.37. The van der Waals surface area contributed by atoms with E-state index in [2.05, 4.69) is 38.8 Å². The molecule has 1 rings (SSSR count). The first-order valence-corrected chi connectivity index (χ1v) is 11.2. The standard InChI is InChI=1S/C15H29NO2SSi/c1-15(2,3)20(4,5)18-11-8-13(7-6-10-17)14-16-9-12-19-14/h9,12-13,17H,6-8,10-11H2,1-5H3. The van der Waals surface area contributed by atoms with Crippen molar-refractivity contribution in [1.29, 1.82) is 0 Å². The molecular formula is C15H29NO2SSi. The van der Waals surface area contributed by atoms with Gasteiger partial charge in [-0.15, -0.1) is 11.3 Å². The molecule has 1 aromatic heterocycles. The van der Waals surface area contributed by atoms with Crippen LogP contribution >= 0.6 is 11.3 Å². The van der Waals surface area contributed by atoms with Crippen LogP contribution in [0, 0.1) is 0 Å². The fourth-order valence-corrected chi connectivity index (χ4v) is 3.71. The molecule has 0 radical (unpaired) electrons. The normalized spacial score (nSPS) is 14.5. The molecule has 1 aromatic rings. The second-order valence-electron chi connectivity index (χ2n) is 6.83. The van der Waals surface area contributed by atoms with E-state index in [0.717, 1.165) is 25.9 Å². The third kappa shape index (κ3) is 5.28. The molecule has 1 unspecified atom stereocenters. The van der Waals surface area contributed by atoms with E-state index in [4.69, 9.17) is 9.53 Å². The van der Waals surface area contributed by atoms with Gasteiger partial charge in [-0.25, -0.2) is 4.98 Å². The van der Waals surface area contributed by atoms with Crippen molar-refractivity contribution in [2.75, 3.05) is 13.2 Å². The summed E-state index contributed by atoms with van der Waals surface area (Å²) in [6, 6.07) is 0. The summed E-state index contributed by atoms with van der Waals surface area (Å²) in [6.07, 6.45) is 4.69. The van der Waals surface area contributed by atoms with Crippen LogP contribution in [0.4, 0.5) is 0 Å². The van der Waals surface area contributed by atoms with Crippen LogP contribution in [0.1, 0.15) is 51.0 Å². The van der Waals surface area contributed by atoms with Crippen molar-refractivity contribution in [1.82, 2.24) is 4.98 Å². The highest BCUT2D eigenvalue weighted by Crippen LogP contribution is 2.37. The number of thiazole rings is 1. The highest BCUT2D eigenvalue weighted by atomic mass is 32.1. The Labute approximate surface area is 128 Å². The minimum absolute atomic E-state index is 0.255. The summed E-state index contributed by atoms with van der Waals surface area (Å²) in [5, 5.41) is 12.5. The van der Waals surface area contributed by atoms with Gasteiger partial charge in [-0.05, 0) is 37.4 Å². The van der Waals surface area contributed by atoms with Crippen molar-refractivity contribution >= 4 is 19.7 Å². The molecule has 1 N–H and O–H groups in total. The van der Waals surface area contributed by atoms with E-state index in [0.29, 0.717) is 5.92 Å². The van der Waals surface area contributed by atoms with Crippen molar-refractivity contribution in [3.8, 4) is 0 Å². The van der Waals surface area contributed by atoms with E-state index < -0.39 is 8.32 Å². The zero-order valence-electron chi connectivity index (χ0n) is 13.5. The molecule has 0 amide bonds. The largest absolute Gasteiger partial charge is 0.417 e. The molecule has 3 nitrogen and oxygen atoms in total. The van der Waals surface area contributed by atoms with Crippen LogP contribution < -0.4 is 0 Å². The van der Waals surface area contributed by atoms with E-state index in [1.807, 2.05) is 11.6 Å². The summed E-state index contributed by atoms with van der Waals surface area (Å²) < 4.78 is 6.26. The van der Waals surface area contributed by atoms with Crippen LogP contribution in [-0.2, 0) is 4.43 Å². The molecule has 1 atom stereocenters. The quantitative estimate of drug-likeness (QED) is 0.722. The maximum atomic E-state index is 9.03. The fraction of sp³-hybridized carbons (Fsp3) is 0.800. The smallest absolute Gasteiger partial charge is 0.191 e. The van der Waals surface area contributed by atoms with Gasteiger partial charge in [0.2, 0.25) is 0 Å². The summed E-state index contributed by atoms with van der Waals surface area (Å²) in [5.74, 6) is 0.423. The number of hydrogen-bond donors (Lipinski definition) is 1. The Balaban J connectivity index is 2.51. The van der Waals surface area contributed by atoms with Crippen LogP contribution in [0.25, 0.3) is 0 Å². The van der Waals surface area contributed by atoms with E-state index in [1.165, 1.54) is 5.01 Å². The molecule has 0 aliphatic rings. The van der Waals surface area contributed by atoms with Gasteiger partial charge in [-0.2, -0.15) is 0 Å². The van der Waals surface area contributed by atoms with Crippen molar-refractivity contribution in [3.63, 3.8) is 0 Å². The van der Waals surface area contributed by atoms with Gasteiger partial charge in [0.25, 0.3) is 0 Å². The van der Waals surface area contributed by atoms with Gasteiger partial charge in [0.05, 0.1) is 5.01 Å². The molecule has 0 saturated heterocycles. The summed E-state index contributed by atoms with van der Waals surface area (Å²) in [7, 11) is -1.65. The van der Waals surface area contributed by atoms with Crippen molar-refractivity contribution in [2.24, 2.45) is 0 Å². The molecule has 0 saturated carbocycles. The van der Waals surface area contributed by atoms with Gasteiger partial charge >= 0.3 is 0 Å². The zero-order valence-corrected chi connectivity index (χ0v) is 15.3. The lowest BCUT2D eigenvalue weighted by Gasteiger charge is -2.36. The first-order valence-electron chi connectivity index (χ1n) is 7.42. The zero-order chi connectivity index (χ0) is 15.2. The minimum atomic E-state index is -1.65. The highest BCUT2D eigenvalue weighted by molar-refractivity contribution is 7.09. The van der Waals surface area contributed by atoms with Crippen molar-refractivity contribution in [2.45, 2.75) is 64.1 Å². The van der Waals surface area contributed by atoms with Crippen LogP contribution in [0.5, 0.6) is 0 Å². The molecule has 20 heavy (non-hydrogen) atoms. The molecule has 0 aliphatic carbocycles. The van der Waals surface area contributed by atoms with Crippen LogP contribution in [0.3, 0.4) is 0 Å². The number of aliphatic hydroxyl groups is 1. The predicted molar refractivity (Wildman–Crippen MR) is 88.9 cm³/mol. The van der Waals surface area contributed by atoms with Crippen molar-refractivity contribution < 1.29 is 9.53 Å². The Morgan fingerprint density at radius 2 is 2.05 bits per heavy atom. The van der Waals surface area contributed by atoms with Crippen LogP contribution in [-0.4, -0.2) is 31.6 Å². The number of aromatic nitrogens is 1. The van der Waals surface area contributed by atoms with Gasteiger partial charge < -0.3 is 9.53 Å². The fourth-order valence-electron chi connectivity index (χ4n) is 1.84. The minimum Gasteiger partial charge on any atom is -0.417 e. The van der Waals surface area contributed by atoms with Gasteiger partial charge in [0.1, 0.15) is 0 Å². The number of hydrogen-bond acceptors (Lipinski definition) is 4. The number of rotatable bonds is 8. The van der Waals surface area contributed by atoms with Gasteiger partial charge in [-0.1, -0.05) is 20.8 Å². The lowest BCUT2D eigenvalue weighted by molar-refractivity contribution is 0.253. The van der Waals surface area contributed by atoms with Crippen LogP contribution in [0.2, 0.25) is 18.1 Å². The van der Waals surface area contributed by atoms with E-state index in [1.54, 1.807) is 11.3 Å². The Bertz CT molecular complexity index is 374. The van der Waals surface area contributed by atoms with E-state index >= 15 is 0 Å². The average Bonchev–Trinajstić information content (AvgIpc) is 2.85. The topological polar surface area (TPSA) is 42.4 Å². The maximum Gasteiger partial charge on any atom is 0.191 e. The molecule has 0 spiro atoms. The maximum absolute atomic E-state index is 9.03. The Kier molecular flexibility index (Phi) is 6.85. The van der Waals surface area contributed by atoms with Gasteiger partial charge in [0.15, 0.2) is 8.32 Å². The Hall–Kier alpha value is -0.233. The lowest BCUT2D eigenvalue weighted by atomic mass is 10.0. The summed E-state index contributed by atoms with van der Waals surface area (Å²) in [4.78, 5) is 4.43. The average molecular weight is 316 g/mol. The Morgan fingerprint density at radius 1 is 1.35 bits per heavy atom. The Morgan fingerprint density at radius 3 is 2.55 bits per heavy atom. The molecule has 5 heteroatoms. The second kappa shape index (κ2) is 7.68. The number of aliphatic hydroxyl groups excluding tert-OH is 1. The summed E-state index contributed by atoms with van der Waals surface area (Å²) >= 11 is 1.71. The molecule has 116 valence electrons. The summed E-state index contributed by atoms with van der Waals surface area (Å²) in [5.41, 5.74) is 0. The van der Waals surface area contributed by atoms with Gasteiger partial charge in [-0.3, -0.25) is 0 Å². The molecule has 0 bridgehead atoms. The second-order valence-corrected chi connectivity index (χ2v) is 12.6. The lowest BCUT2D eigenvalue weighted by Crippen LogP contribution is -2.41. The molecule has 1 heterocycles. The van der Waals surface area contributed by atoms with E-state index in [-0.39, 0.29) is 11.6 Å². The van der Waals surface area contributed by atoms with E-state index in [9.17, 15) is 0 Å². The third-order valence-electron chi connectivity index (χ3n) is 4.25. The SMILES string of the molecule is CC(C)(C)[Si](C)(C)OCCC(CCCO)c1nccs1. The third-order valence-corrected chi connectivity index (χ3v) is 9.72. The molecule has 0 aliphatic heterocycles. The summed E-state index contributed by atoms with van der Waals surface area (Å²) in [6.45, 7) is 12.4. The van der Waals surface area contributed by atoms with Crippen molar-refractivity contribution in [3.05, 3.63) is 16.6 Å².